The van der Waals surface area contributed by atoms with E-state index in [1.807, 2.05) is 0 Å². The Bertz CT molecular complexity index is 611. The Labute approximate surface area is 108 Å². The average molecular weight is 263 g/mol. The van der Waals surface area contributed by atoms with Crippen LogP contribution in [0.5, 0.6) is 11.5 Å². The number of hydrogen-bond donors (Lipinski definition) is 1. The highest BCUT2D eigenvalue weighted by Gasteiger charge is 2.35. The molecule has 0 aromatic heterocycles. The number of ether oxygens (including phenoxy) is 2. The lowest BCUT2D eigenvalue weighted by Crippen LogP contribution is -2.15. The molecule has 0 unspecified atom stereocenters. The molecule has 1 aliphatic heterocycles. The monoisotopic (exact) mass is 263 g/mol. The Hall–Kier alpha value is -2.30. The minimum Gasteiger partial charge on any atom is -0.454 e. The molecular formula is C14H11F2NO2. The molecule has 1 heterocycles. The summed E-state index contributed by atoms with van der Waals surface area (Å²) in [6.07, 6.45) is 0. The van der Waals surface area contributed by atoms with E-state index in [0.717, 1.165) is 0 Å². The van der Waals surface area contributed by atoms with Gasteiger partial charge < -0.3 is 15.2 Å². The summed E-state index contributed by atoms with van der Waals surface area (Å²) in [5.74, 6) is -2.28. The van der Waals surface area contributed by atoms with E-state index in [1.165, 1.54) is 42.5 Å². The lowest BCUT2D eigenvalue weighted by Gasteiger charge is -2.17. The van der Waals surface area contributed by atoms with E-state index < -0.39 is 5.92 Å². The zero-order chi connectivity index (χ0) is 13.5. The van der Waals surface area contributed by atoms with Crippen molar-refractivity contribution in [1.82, 2.24) is 0 Å². The molecule has 0 bridgehead atoms. The maximum absolute atomic E-state index is 14.4. The molecule has 0 saturated carbocycles. The van der Waals surface area contributed by atoms with Crippen molar-refractivity contribution in [3.8, 4) is 11.5 Å². The summed E-state index contributed by atoms with van der Waals surface area (Å²) in [6, 6.07) is 9.68. The first-order valence-electron chi connectivity index (χ1n) is 5.71. The summed E-state index contributed by atoms with van der Waals surface area (Å²) in [4.78, 5) is 0. The van der Waals surface area contributed by atoms with Gasteiger partial charge in [-0.2, -0.15) is 8.78 Å². The fourth-order valence-corrected chi connectivity index (χ4v) is 1.95. The van der Waals surface area contributed by atoms with E-state index >= 15 is 0 Å². The maximum atomic E-state index is 14.4. The van der Waals surface area contributed by atoms with E-state index in [-0.39, 0.29) is 17.9 Å². The Morgan fingerprint density at radius 2 is 1.53 bits per heavy atom. The van der Waals surface area contributed by atoms with Gasteiger partial charge in [-0.05, 0) is 30.3 Å². The molecule has 0 fully saturated rings. The molecule has 0 amide bonds. The molecule has 0 radical (unpaired) electrons. The van der Waals surface area contributed by atoms with Crippen LogP contribution in [0.15, 0.2) is 42.5 Å². The van der Waals surface area contributed by atoms with Crippen molar-refractivity contribution in [2.24, 2.45) is 0 Å². The summed E-state index contributed by atoms with van der Waals surface area (Å²) < 4.78 is 38.9. The van der Waals surface area contributed by atoms with Crippen LogP contribution in [-0.4, -0.2) is 6.79 Å². The third-order valence-corrected chi connectivity index (χ3v) is 3.01. The summed E-state index contributed by atoms with van der Waals surface area (Å²) >= 11 is 0. The largest absolute Gasteiger partial charge is 0.454 e. The van der Waals surface area contributed by atoms with Crippen molar-refractivity contribution in [3.05, 3.63) is 53.6 Å². The smallest absolute Gasteiger partial charge is 0.298 e. The van der Waals surface area contributed by atoms with Crippen LogP contribution in [-0.2, 0) is 5.92 Å². The third kappa shape index (κ3) is 1.97. The van der Waals surface area contributed by atoms with Gasteiger partial charge >= 0.3 is 0 Å². The highest BCUT2D eigenvalue weighted by molar-refractivity contribution is 5.49. The van der Waals surface area contributed by atoms with Gasteiger partial charge in [-0.25, -0.2) is 0 Å². The molecule has 3 nitrogen and oxygen atoms in total. The predicted molar refractivity (Wildman–Crippen MR) is 66.4 cm³/mol. The van der Waals surface area contributed by atoms with Crippen LogP contribution in [0.1, 0.15) is 11.1 Å². The molecule has 3 rings (SSSR count). The SMILES string of the molecule is Nc1ccc(C(F)(F)c2ccc3c(c2)OCO3)cc1. The van der Waals surface area contributed by atoms with Gasteiger partial charge in [-0.15, -0.1) is 0 Å². The van der Waals surface area contributed by atoms with Gasteiger partial charge in [0, 0.05) is 16.8 Å². The molecule has 2 aromatic rings. The molecule has 5 heteroatoms. The van der Waals surface area contributed by atoms with Gasteiger partial charge in [-0.1, -0.05) is 12.1 Å². The standard InChI is InChI=1S/C14H11F2NO2/c15-14(16,9-1-4-11(17)5-2-9)10-3-6-12-13(7-10)19-8-18-12/h1-7H,8,17H2. The molecule has 98 valence electrons. The van der Waals surface area contributed by atoms with Crippen LogP contribution >= 0.6 is 0 Å². The topological polar surface area (TPSA) is 44.5 Å². The minimum absolute atomic E-state index is 0.0617. The number of alkyl halides is 2. The second-order valence-electron chi connectivity index (χ2n) is 4.26. The lowest BCUT2D eigenvalue weighted by atomic mass is 10.00. The number of benzene rings is 2. The molecule has 1 aliphatic rings. The average Bonchev–Trinajstić information content (AvgIpc) is 2.86. The molecular weight excluding hydrogens is 252 g/mol. The first-order valence-corrected chi connectivity index (χ1v) is 5.71. The number of halogens is 2. The first-order chi connectivity index (χ1) is 9.07. The maximum Gasteiger partial charge on any atom is 0.298 e. The Morgan fingerprint density at radius 1 is 0.895 bits per heavy atom. The van der Waals surface area contributed by atoms with Crippen molar-refractivity contribution >= 4 is 5.69 Å². The quantitative estimate of drug-likeness (QED) is 0.846. The lowest BCUT2D eigenvalue weighted by molar-refractivity contribution is 0.0426. The minimum atomic E-state index is -3.10. The molecule has 2 N–H and O–H groups in total. The van der Waals surface area contributed by atoms with E-state index in [4.69, 9.17) is 15.2 Å². The second kappa shape index (κ2) is 4.12. The van der Waals surface area contributed by atoms with E-state index in [1.54, 1.807) is 0 Å². The van der Waals surface area contributed by atoms with E-state index in [9.17, 15) is 8.78 Å². The van der Waals surface area contributed by atoms with Crippen LogP contribution in [0, 0.1) is 0 Å². The van der Waals surface area contributed by atoms with Crippen molar-refractivity contribution < 1.29 is 18.3 Å². The summed E-state index contributed by atoms with van der Waals surface area (Å²) in [5, 5.41) is 0. The molecule has 0 aliphatic carbocycles. The number of nitrogen functional groups attached to an aromatic ring is 1. The van der Waals surface area contributed by atoms with Crippen molar-refractivity contribution in [3.63, 3.8) is 0 Å². The highest BCUT2D eigenvalue weighted by atomic mass is 19.3. The zero-order valence-electron chi connectivity index (χ0n) is 9.90. The van der Waals surface area contributed by atoms with Crippen molar-refractivity contribution in [1.29, 1.82) is 0 Å². The summed E-state index contributed by atoms with van der Waals surface area (Å²) in [5.41, 5.74) is 5.70. The van der Waals surface area contributed by atoms with Crippen LogP contribution in [0.3, 0.4) is 0 Å². The number of anilines is 1. The van der Waals surface area contributed by atoms with Gasteiger partial charge in [0.15, 0.2) is 11.5 Å². The number of nitrogens with two attached hydrogens (primary N) is 1. The first kappa shape index (κ1) is 11.8. The Balaban J connectivity index is 2.02. The third-order valence-electron chi connectivity index (χ3n) is 3.01. The van der Waals surface area contributed by atoms with E-state index in [0.29, 0.717) is 17.2 Å². The molecule has 2 aromatic carbocycles. The molecule has 0 atom stereocenters. The highest BCUT2D eigenvalue weighted by Crippen LogP contribution is 2.41. The Kier molecular flexibility index (Phi) is 2.55. The fraction of sp³-hybridized carbons (Fsp3) is 0.143. The van der Waals surface area contributed by atoms with Crippen LogP contribution in [0.2, 0.25) is 0 Å². The van der Waals surface area contributed by atoms with Gasteiger partial charge in [0.1, 0.15) is 0 Å². The van der Waals surface area contributed by atoms with Crippen LogP contribution < -0.4 is 15.2 Å². The fourth-order valence-electron chi connectivity index (χ4n) is 1.95. The molecule has 19 heavy (non-hydrogen) atoms. The molecule has 0 saturated heterocycles. The van der Waals surface area contributed by atoms with Gasteiger partial charge in [-0.3, -0.25) is 0 Å². The predicted octanol–water partition coefficient (Wildman–Crippen LogP) is 3.14. The second-order valence-corrected chi connectivity index (χ2v) is 4.26. The normalized spacial score (nSPS) is 13.6. The number of fused-ring (bicyclic) bond motifs is 1. The van der Waals surface area contributed by atoms with Gasteiger partial charge in [0.2, 0.25) is 6.79 Å². The van der Waals surface area contributed by atoms with Gasteiger partial charge in [0.25, 0.3) is 5.92 Å². The van der Waals surface area contributed by atoms with E-state index in [2.05, 4.69) is 0 Å². The Morgan fingerprint density at radius 3 is 2.26 bits per heavy atom. The van der Waals surface area contributed by atoms with Crippen molar-refractivity contribution in [2.75, 3.05) is 12.5 Å². The van der Waals surface area contributed by atoms with Crippen LogP contribution in [0.4, 0.5) is 14.5 Å². The summed E-state index contributed by atoms with van der Waals surface area (Å²) in [7, 11) is 0. The van der Waals surface area contributed by atoms with Crippen LogP contribution in [0.25, 0.3) is 0 Å². The van der Waals surface area contributed by atoms with Gasteiger partial charge in [0.05, 0.1) is 0 Å². The molecule has 0 spiro atoms. The number of hydrogen-bond acceptors (Lipinski definition) is 3. The number of rotatable bonds is 2. The summed E-state index contributed by atoms with van der Waals surface area (Å²) in [6.45, 7) is 0.0617. The zero-order valence-corrected chi connectivity index (χ0v) is 9.90. The van der Waals surface area contributed by atoms with Crippen molar-refractivity contribution in [2.45, 2.75) is 5.92 Å².